The van der Waals surface area contributed by atoms with Crippen LogP contribution in [-0.2, 0) is 34.3 Å². The Bertz CT molecular complexity index is 1140. The summed E-state index contributed by atoms with van der Waals surface area (Å²) in [7, 11) is -3.93. The van der Waals surface area contributed by atoms with Crippen LogP contribution in [0, 0.1) is 0 Å². The molecule has 4 rings (SSSR count). The normalized spacial score (nSPS) is 17.7. The molecule has 1 heterocycles. The molecule has 0 bridgehead atoms. The highest BCUT2D eigenvalue weighted by molar-refractivity contribution is 7.89. The molecular formula is C23H21Cl2NO3S. The lowest BCUT2D eigenvalue weighted by atomic mass is 10.0. The van der Waals surface area contributed by atoms with Gasteiger partial charge in [-0.2, -0.15) is 4.31 Å². The fourth-order valence-electron chi connectivity index (χ4n) is 3.68. The zero-order valence-corrected chi connectivity index (χ0v) is 18.5. The summed E-state index contributed by atoms with van der Waals surface area (Å²) in [6.45, 7) is 0.968. The van der Waals surface area contributed by atoms with E-state index in [-0.39, 0.29) is 34.1 Å². The maximum absolute atomic E-state index is 13.8. The van der Waals surface area contributed by atoms with E-state index in [0.29, 0.717) is 13.0 Å². The van der Waals surface area contributed by atoms with Gasteiger partial charge in [0.1, 0.15) is 4.90 Å². The quantitative estimate of drug-likeness (QED) is 0.527. The molecule has 0 aliphatic carbocycles. The molecule has 0 fully saturated rings. The smallest absolute Gasteiger partial charge is 0.245 e. The third-order valence-electron chi connectivity index (χ3n) is 5.24. The lowest BCUT2D eigenvalue weighted by Gasteiger charge is -2.33. The van der Waals surface area contributed by atoms with Gasteiger partial charge in [0, 0.05) is 6.54 Å². The Morgan fingerprint density at radius 1 is 0.900 bits per heavy atom. The number of halogens is 2. The minimum absolute atomic E-state index is 0.00721. The average molecular weight is 462 g/mol. The lowest BCUT2D eigenvalue weighted by Crippen LogP contribution is -2.45. The van der Waals surface area contributed by atoms with Crippen molar-refractivity contribution in [3.05, 3.63) is 99.5 Å². The van der Waals surface area contributed by atoms with Crippen LogP contribution in [-0.4, -0.2) is 25.4 Å². The summed E-state index contributed by atoms with van der Waals surface area (Å²) in [6, 6.07) is 21.8. The number of rotatable bonds is 4. The number of ether oxygens (including phenoxy) is 1. The summed E-state index contributed by atoms with van der Waals surface area (Å²) in [4.78, 5) is 0.00721. The van der Waals surface area contributed by atoms with Gasteiger partial charge < -0.3 is 4.74 Å². The number of sulfonamides is 1. The molecule has 1 unspecified atom stereocenters. The fourth-order valence-corrected chi connectivity index (χ4v) is 6.00. The molecule has 7 heteroatoms. The van der Waals surface area contributed by atoms with Gasteiger partial charge in [0.25, 0.3) is 0 Å². The summed E-state index contributed by atoms with van der Waals surface area (Å²) < 4.78 is 35.0. The SMILES string of the molecule is O=S(=O)(c1cccc(Cl)c1Cl)N1Cc2ccccc2COCC1Cc1ccccc1. The largest absolute Gasteiger partial charge is 0.375 e. The van der Waals surface area contributed by atoms with Crippen LogP contribution in [0.4, 0.5) is 0 Å². The molecule has 0 radical (unpaired) electrons. The summed E-state index contributed by atoms with van der Waals surface area (Å²) in [6.07, 6.45) is 0.528. The van der Waals surface area contributed by atoms with Gasteiger partial charge in [-0.1, -0.05) is 83.9 Å². The maximum Gasteiger partial charge on any atom is 0.245 e. The summed E-state index contributed by atoms with van der Waals surface area (Å²) in [5.74, 6) is 0. The van der Waals surface area contributed by atoms with Crippen LogP contribution in [0.5, 0.6) is 0 Å². The van der Waals surface area contributed by atoms with Gasteiger partial charge >= 0.3 is 0 Å². The molecule has 0 saturated heterocycles. The van der Waals surface area contributed by atoms with Gasteiger partial charge in [-0.05, 0) is 35.2 Å². The summed E-state index contributed by atoms with van der Waals surface area (Å²) in [5, 5.41) is 0.245. The second-order valence-corrected chi connectivity index (χ2v) is 9.87. The number of fused-ring (bicyclic) bond motifs is 1. The van der Waals surface area contributed by atoms with Crippen LogP contribution in [0.2, 0.25) is 10.0 Å². The standard InChI is InChI=1S/C23H21Cl2NO3S/c24-21-11-6-12-22(23(21)25)30(27,28)26-14-18-9-4-5-10-19(18)15-29-16-20(26)13-17-7-2-1-3-8-17/h1-12,20H,13-16H2. The van der Waals surface area contributed by atoms with Gasteiger partial charge in [-0.15, -0.1) is 0 Å². The van der Waals surface area contributed by atoms with Crippen molar-refractivity contribution in [1.82, 2.24) is 4.31 Å². The van der Waals surface area contributed by atoms with Crippen LogP contribution in [0.3, 0.4) is 0 Å². The molecule has 3 aromatic rings. The number of hydrogen-bond acceptors (Lipinski definition) is 3. The van der Waals surface area contributed by atoms with Gasteiger partial charge in [-0.25, -0.2) is 8.42 Å². The molecule has 0 aromatic heterocycles. The van der Waals surface area contributed by atoms with Crippen molar-refractivity contribution < 1.29 is 13.2 Å². The Hall–Kier alpha value is -1.89. The van der Waals surface area contributed by atoms with E-state index < -0.39 is 10.0 Å². The first kappa shape index (κ1) is 21.3. The molecular weight excluding hydrogens is 441 g/mol. The number of hydrogen-bond donors (Lipinski definition) is 0. The average Bonchev–Trinajstić information content (AvgIpc) is 2.73. The van der Waals surface area contributed by atoms with Gasteiger partial charge in [0.05, 0.1) is 29.3 Å². The monoisotopic (exact) mass is 461 g/mol. The van der Waals surface area contributed by atoms with Crippen molar-refractivity contribution in [2.24, 2.45) is 0 Å². The van der Waals surface area contributed by atoms with E-state index in [4.69, 9.17) is 27.9 Å². The summed E-state index contributed by atoms with van der Waals surface area (Å²) >= 11 is 12.4. The first-order valence-corrected chi connectivity index (χ1v) is 11.8. The number of benzene rings is 3. The maximum atomic E-state index is 13.8. The molecule has 0 N–H and O–H groups in total. The minimum atomic E-state index is -3.93. The molecule has 1 atom stereocenters. The van der Waals surface area contributed by atoms with Crippen LogP contribution in [0.25, 0.3) is 0 Å². The van der Waals surface area contributed by atoms with Crippen molar-refractivity contribution in [2.45, 2.75) is 30.5 Å². The zero-order chi connectivity index (χ0) is 21.1. The Morgan fingerprint density at radius 3 is 2.37 bits per heavy atom. The fraction of sp³-hybridized carbons (Fsp3) is 0.217. The van der Waals surface area contributed by atoms with Crippen molar-refractivity contribution in [1.29, 1.82) is 0 Å². The van der Waals surface area contributed by atoms with Gasteiger partial charge in [0.2, 0.25) is 10.0 Å². The van der Waals surface area contributed by atoms with Crippen LogP contribution in [0.1, 0.15) is 16.7 Å². The van der Waals surface area contributed by atoms with Crippen molar-refractivity contribution >= 4 is 33.2 Å². The minimum Gasteiger partial charge on any atom is -0.375 e. The van der Waals surface area contributed by atoms with E-state index in [9.17, 15) is 8.42 Å². The highest BCUT2D eigenvalue weighted by Crippen LogP contribution is 2.34. The summed E-state index contributed by atoms with van der Waals surface area (Å²) in [5.41, 5.74) is 2.93. The van der Waals surface area contributed by atoms with E-state index >= 15 is 0 Å². The highest BCUT2D eigenvalue weighted by Gasteiger charge is 2.35. The van der Waals surface area contributed by atoms with E-state index in [1.165, 1.54) is 10.4 Å². The van der Waals surface area contributed by atoms with Crippen molar-refractivity contribution in [3.8, 4) is 0 Å². The molecule has 3 aromatic carbocycles. The molecule has 1 aliphatic heterocycles. The molecule has 4 nitrogen and oxygen atoms in total. The van der Waals surface area contributed by atoms with Gasteiger partial charge in [0.15, 0.2) is 0 Å². The van der Waals surface area contributed by atoms with Crippen LogP contribution >= 0.6 is 23.2 Å². The van der Waals surface area contributed by atoms with Gasteiger partial charge in [-0.3, -0.25) is 0 Å². The van der Waals surface area contributed by atoms with Crippen molar-refractivity contribution in [3.63, 3.8) is 0 Å². The predicted octanol–water partition coefficient (Wildman–Crippen LogP) is 5.33. The van der Waals surface area contributed by atoms with Crippen LogP contribution in [0.15, 0.2) is 77.7 Å². The Balaban J connectivity index is 1.80. The van der Waals surface area contributed by atoms with Crippen molar-refractivity contribution in [2.75, 3.05) is 6.61 Å². The molecule has 156 valence electrons. The van der Waals surface area contributed by atoms with E-state index in [1.54, 1.807) is 12.1 Å². The predicted molar refractivity (Wildman–Crippen MR) is 119 cm³/mol. The molecule has 1 aliphatic rings. The highest BCUT2D eigenvalue weighted by atomic mass is 35.5. The third-order valence-corrected chi connectivity index (χ3v) is 8.11. The van der Waals surface area contributed by atoms with E-state index in [2.05, 4.69) is 0 Å². The molecule has 30 heavy (non-hydrogen) atoms. The van der Waals surface area contributed by atoms with Crippen LogP contribution < -0.4 is 0 Å². The van der Waals surface area contributed by atoms with E-state index in [1.807, 2.05) is 54.6 Å². The Kier molecular flexibility index (Phi) is 6.46. The number of nitrogens with zero attached hydrogens (tertiary/aromatic N) is 1. The molecule has 0 spiro atoms. The second kappa shape index (κ2) is 9.08. The lowest BCUT2D eigenvalue weighted by molar-refractivity contribution is 0.0674. The topological polar surface area (TPSA) is 46.6 Å². The van der Waals surface area contributed by atoms with E-state index in [0.717, 1.165) is 16.7 Å². The Morgan fingerprint density at radius 2 is 1.60 bits per heavy atom. The first-order chi connectivity index (χ1) is 14.5. The first-order valence-electron chi connectivity index (χ1n) is 9.61. The third kappa shape index (κ3) is 4.41. The second-order valence-electron chi connectivity index (χ2n) is 7.23. The molecule has 0 amide bonds. The molecule has 0 saturated carbocycles. The Labute approximate surface area is 187 Å². The zero-order valence-electron chi connectivity index (χ0n) is 16.2.